The fourth-order valence-corrected chi connectivity index (χ4v) is 3.18. The number of carbonyl (C=O) groups excluding carboxylic acids is 1. The summed E-state index contributed by atoms with van der Waals surface area (Å²) in [7, 11) is 1.24. The minimum Gasteiger partial charge on any atom is -0.446 e. The fraction of sp³-hybridized carbons (Fsp3) is 0.700. The summed E-state index contributed by atoms with van der Waals surface area (Å²) in [5.41, 5.74) is 3.10. The first-order chi connectivity index (χ1) is 13.2. The summed E-state index contributed by atoms with van der Waals surface area (Å²) in [6, 6.07) is 0.185. The molecule has 3 atom stereocenters. The van der Waals surface area contributed by atoms with E-state index in [9.17, 15) is 9.90 Å². The Morgan fingerprint density at radius 2 is 2.14 bits per heavy atom. The topological polar surface area (TPSA) is 92.0 Å². The molecule has 8 nitrogen and oxygen atoms in total. The van der Waals surface area contributed by atoms with Crippen LogP contribution < -0.4 is 4.74 Å². The number of allylic oxidation sites excluding steroid dienone is 1. The lowest BCUT2D eigenvalue weighted by molar-refractivity contribution is -0.187. The van der Waals surface area contributed by atoms with Crippen LogP contribution in [0, 0.1) is 6.92 Å². The Balaban J connectivity index is 2.14. The van der Waals surface area contributed by atoms with Crippen LogP contribution in [0.3, 0.4) is 0 Å². The van der Waals surface area contributed by atoms with Crippen molar-refractivity contribution in [1.82, 2.24) is 9.78 Å². The number of carbonyl (C=O) groups is 1. The third-order valence-corrected chi connectivity index (χ3v) is 4.79. The van der Waals surface area contributed by atoms with E-state index in [0.29, 0.717) is 25.1 Å². The van der Waals surface area contributed by atoms with Crippen LogP contribution in [-0.2, 0) is 20.6 Å². The molecule has 2 heterocycles. The number of aliphatic hydroxyl groups excluding tert-OH is 1. The first kappa shape index (κ1) is 22.2. The molecule has 2 rings (SSSR count). The molecule has 0 bridgehead atoms. The molecule has 1 aliphatic rings. The van der Waals surface area contributed by atoms with Gasteiger partial charge in [-0.05, 0) is 27.2 Å². The molecular formula is C20H32N2O6. The summed E-state index contributed by atoms with van der Waals surface area (Å²) in [4.78, 5) is 11.2. The van der Waals surface area contributed by atoms with E-state index < -0.39 is 24.7 Å². The van der Waals surface area contributed by atoms with Crippen LogP contribution in [0.1, 0.15) is 57.3 Å². The summed E-state index contributed by atoms with van der Waals surface area (Å²) in [5, 5.41) is 14.8. The van der Waals surface area contributed by atoms with Gasteiger partial charge in [-0.2, -0.15) is 0 Å². The number of methoxy groups -OCH3 is 1. The highest BCUT2D eigenvalue weighted by Crippen LogP contribution is 2.30. The van der Waals surface area contributed by atoms with Crippen molar-refractivity contribution in [3.05, 3.63) is 23.4 Å². The van der Waals surface area contributed by atoms with Gasteiger partial charge in [0.2, 0.25) is 12.2 Å². The van der Waals surface area contributed by atoms with Crippen molar-refractivity contribution in [2.45, 2.75) is 77.9 Å². The lowest BCUT2D eigenvalue weighted by atomic mass is 10.0. The highest BCUT2D eigenvalue weighted by atomic mass is 16.7. The average Bonchev–Trinajstić information content (AvgIpc) is 2.95. The number of hydrogen-bond donors (Lipinski definition) is 1. The fourth-order valence-electron chi connectivity index (χ4n) is 3.18. The van der Waals surface area contributed by atoms with Crippen molar-refractivity contribution in [2.75, 3.05) is 13.7 Å². The molecule has 1 aliphatic heterocycles. The summed E-state index contributed by atoms with van der Waals surface area (Å²) >= 11 is 0. The zero-order valence-electron chi connectivity index (χ0n) is 17.4. The first-order valence-corrected chi connectivity index (χ1v) is 9.70. The van der Waals surface area contributed by atoms with Crippen LogP contribution in [0.5, 0.6) is 5.88 Å². The molecule has 158 valence electrons. The van der Waals surface area contributed by atoms with E-state index in [1.165, 1.54) is 7.11 Å². The lowest BCUT2D eigenvalue weighted by Crippen LogP contribution is -2.41. The van der Waals surface area contributed by atoms with E-state index >= 15 is 0 Å². The van der Waals surface area contributed by atoms with Crippen molar-refractivity contribution >= 4 is 6.16 Å². The Labute approximate surface area is 166 Å². The van der Waals surface area contributed by atoms with Gasteiger partial charge in [0.15, 0.2) is 0 Å². The molecule has 0 saturated carbocycles. The number of aliphatic hydroxyl groups is 1. The molecule has 8 heteroatoms. The van der Waals surface area contributed by atoms with Crippen LogP contribution in [0.4, 0.5) is 4.79 Å². The van der Waals surface area contributed by atoms with Crippen molar-refractivity contribution in [3.8, 4) is 5.88 Å². The van der Waals surface area contributed by atoms with E-state index in [1.54, 1.807) is 0 Å². The highest BCUT2D eigenvalue weighted by molar-refractivity contribution is 5.59. The number of rotatable bonds is 8. The van der Waals surface area contributed by atoms with E-state index in [0.717, 1.165) is 23.3 Å². The van der Waals surface area contributed by atoms with Gasteiger partial charge in [-0.3, -0.25) is 4.68 Å². The second kappa shape index (κ2) is 9.93. The molecule has 1 N–H and O–H groups in total. The van der Waals surface area contributed by atoms with Gasteiger partial charge in [-0.15, -0.1) is 5.10 Å². The number of aromatic nitrogens is 2. The first-order valence-electron chi connectivity index (χ1n) is 9.70. The lowest BCUT2D eigenvalue weighted by Gasteiger charge is -2.32. The normalized spacial score (nSPS) is 22.2. The Morgan fingerprint density at radius 3 is 2.75 bits per heavy atom. The van der Waals surface area contributed by atoms with Gasteiger partial charge in [-0.25, -0.2) is 4.79 Å². The Bertz CT molecular complexity index is 684. The minimum absolute atomic E-state index is 0.0114. The molecule has 0 radical (unpaired) electrons. The van der Waals surface area contributed by atoms with Crippen LogP contribution in [0.2, 0.25) is 0 Å². The largest absolute Gasteiger partial charge is 0.508 e. The van der Waals surface area contributed by atoms with Crippen LogP contribution in [0.25, 0.3) is 0 Å². The predicted molar refractivity (Wildman–Crippen MR) is 103 cm³/mol. The van der Waals surface area contributed by atoms with Gasteiger partial charge in [0.1, 0.15) is 6.61 Å². The molecule has 3 unspecified atom stereocenters. The second-order valence-electron chi connectivity index (χ2n) is 7.38. The molecule has 1 saturated heterocycles. The van der Waals surface area contributed by atoms with Gasteiger partial charge in [0.05, 0.1) is 19.3 Å². The maximum absolute atomic E-state index is 11.2. The van der Waals surface area contributed by atoms with Crippen molar-refractivity contribution in [2.24, 2.45) is 0 Å². The summed E-state index contributed by atoms with van der Waals surface area (Å²) in [6.07, 6.45) is -0.341. The molecule has 0 aliphatic carbocycles. The maximum atomic E-state index is 11.2. The van der Waals surface area contributed by atoms with Gasteiger partial charge in [0.25, 0.3) is 0 Å². The van der Waals surface area contributed by atoms with Crippen LogP contribution in [-0.4, -0.2) is 53.3 Å². The second-order valence-corrected chi connectivity index (χ2v) is 7.38. The highest BCUT2D eigenvalue weighted by Gasteiger charge is 2.32. The standard InChI is InChI=1S/C20H32N2O6/c1-7-13(4)8-17-14(5)22(12(2)3)21-19(17)28-18-10-15(23)9-16(27-18)11-26-20(24)25-6/h12,15-16,18,23H,4,7-11H2,1-3,5-6H3. The van der Waals surface area contributed by atoms with E-state index in [-0.39, 0.29) is 12.6 Å². The molecule has 28 heavy (non-hydrogen) atoms. The van der Waals surface area contributed by atoms with Gasteiger partial charge < -0.3 is 24.1 Å². The Morgan fingerprint density at radius 1 is 1.43 bits per heavy atom. The third-order valence-electron chi connectivity index (χ3n) is 4.79. The molecule has 0 spiro atoms. The van der Waals surface area contributed by atoms with Gasteiger partial charge in [-0.1, -0.05) is 19.1 Å². The molecule has 1 fully saturated rings. The summed E-state index contributed by atoms with van der Waals surface area (Å²) in [5.74, 6) is 0.493. The summed E-state index contributed by atoms with van der Waals surface area (Å²) < 4.78 is 23.2. The smallest absolute Gasteiger partial charge is 0.446 e. The molecule has 1 aromatic rings. The number of hydrogen-bond acceptors (Lipinski definition) is 7. The average molecular weight is 396 g/mol. The zero-order chi connectivity index (χ0) is 20.8. The third kappa shape index (κ3) is 5.72. The van der Waals surface area contributed by atoms with E-state index in [4.69, 9.17) is 14.2 Å². The Kier molecular flexibility index (Phi) is 7.88. The molecule has 0 amide bonds. The van der Waals surface area contributed by atoms with Gasteiger partial charge >= 0.3 is 6.16 Å². The number of ether oxygens (including phenoxy) is 4. The van der Waals surface area contributed by atoms with Crippen LogP contribution in [0.15, 0.2) is 12.2 Å². The SMILES string of the molecule is C=C(CC)Cc1c(OC2CC(O)CC(COC(=O)OC)O2)nn(C(C)C)c1C. The quantitative estimate of drug-likeness (QED) is 0.532. The zero-order valence-corrected chi connectivity index (χ0v) is 17.4. The summed E-state index contributed by atoms with van der Waals surface area (Å²) in [6.45, 7) is 12.3. The monoisotopic (exact) mass is 396 g/mol. The van der Waals surface area contributed by atoms with Crippen molar-refractivity contribution in [1.29, 1.82) is 0 Å². The van der Waals surface area contributed by atoms with Gasteiger partial charge in [0, 0.05) is 36.6 Å². The Hall–Kier alpha value is -2.06. The minimum atomic E-state index is -0.784. The number of nitrogens with zero attached hydrogens (tertiary/aromatic N) is 2. The predicted octanol–water partition coefficient (Wildman–Crippen LogP) is 3.31. The van der Waals surface area contributed by atoms with Crippen molar-refractivity contribution < 1.29 is 28.8 Å². The molecule has 0 aromatic carbocycles. The molecular weight excluding hydrogens is 364 g/mol. The van der Waals surface area contributed by atoms with Crippen LogP contribution >= 0.6 is 0 Å². The maximum Gasteiger partial charge on any atom is 0.508 e. The van der Waals surface area contributed by atoms with Crippen molar-refractivity contribution in [3.63, 3.8) is 0 Å². The van der Waals surface area contributed by atoms with E-state index in [1.807, 2.05) is 11.6 Å². The molecule has 1 aromatic heterocycles. The van der Waals surface area contributed by atoms with E-state index in [2.05, 4.69) is 37.2 Å².